The Kier molecular flexibility index (Phi) is 5.84. The minimum Gasteiger partial charge on any atom is -0.333 e. The van der Waals surface area contributed by atoms with Crippen molar-refractivity contribution in [3.8, 4) is 5.69 Å². The maximum absolute atomic E-state index is 13.4. The Morgan fingerprint density at radius 3 is 2.57 bits per heavy atom. The van der Waals surface area contributed by atoms with Crippen LogP contribution in [0.25, 0.3) is 16.6 Å². The second-order valence-corrected chi connectivity index (χ2v) is 7.20. The molecular weight excluding hydrogens is 374 g/mol. The Bertz CT molecular complexity index is 1090. The highest BCUT2D eigenvalue weighted by Gasteiger charge is 2.25. The summed E-state index contributed by atoms with van der Waals surface area (Å²) in [5, 5.41) is 1.15. The van der Waals surface area contributed by atoms with Crippen molar-refractivity contribution in [3.05, 3.63) is 69.2 Å². The number of nitrogens with zero attached hydrogens (tertiary/aromatic N) is 3. The van der Waals surface area contributed by atoms with Crippen molar-refractivity contribution >= 4 is 28.4 Å². The van der Waals surface area contributed by atoms with E-state index in [0.29, 0.717) is 34.7 Å². The summed E-state index contributed by atoms with van der Waals surface area (Å²) >= 11 is 6.12. The number of hydrogen-bond acceptors (Lipinski definition) is 3. The van der Waals surface area contributed by atoms with Crippen LogP contribution in [0.2, 0.25) is 5.02 Å². The number of para-hydroxylation sites is 1. The van der Waals surface area contributed by atoms with E-state index in [4.69, 9.17) is 16.6 Å². The van der Waals surface area contributed by atoms with E-state index in [1.165, 1.54) is 0 Å². The molecule has 0 radical (unpaired) electrons. The monoisotopic (exact) mass is 397 g/mol. The molecule has 0 aliphatic rings. The largest absolute Gasteiger partial charge is 0.333 e. The summed E-state index contributed by atoms with van der Waals surface area (Å²) in [5.41, 5.74) is 2.05. The van der Waals surface area contributed by atoms with Crippen molar-refractivity contribution in [1.82, 2.24) is 14.5 Å². The Morgan fingerprint density at radius 1 is 1.21 bits per heavy atom. The van der Waals surface area contributed by atoms with Gasteiger partial charge in [0.15, 0.2) is 0 Å². The summed E-state index contributed by atoms with van der Waals surface area (Å²) in [6, 6.07) is 12.3. The zero-order valence-electron chi connectivity index (χ0n) is 16.6. The molecule has 0 saturated heterocycles. The molecule has 3 rings (SSSR count). The number of aromatic nitrogens is 2. The molecule has 0 spiro atoms. The van der Waals surface area contributed by atoms with Crippen molar-refractivity contribution < 1.29 is 4.79 Å². The standard InChI is InChI=1S/C22H24ClN3O2/c1-5-20(27)25(6-2)15(4)21-24-18-10-8-7-9-17(18)22(28)26(21)19-12-11-16(23)13-14(19)3/h7-13,15H,5-6H2,1-4H3. The number of rotatable bonds is 5. The fourth-order valence-electron chi connectivity index (χ4n) is 3.54. The Labute approximate surface area is 169 Å². The van der Waals surface area contributed by atoms with Gasteiger partial charge >= 0.3 is 0 Å². The summed E-state index contributed by atoms with van der Waals surface area (Å²) in [4.78, 5) is 32.4. The third kappa shape index (κ3) is 3.54. The van der Waals surface area contributed by atoms with Crippen LogP contribution in [0.1, 0.15) is 44.6 Å². The quantitative estimate of drug-likeness (QED) is 0.628. The highest BCUT2D eigenvalue weighted by atomic mass is 35.5. The molecule has 0 aliphatic carbocycles. The van der Waals surface area contributed by atoms with Gasteiger partial charge in [0.1, 0.15) is 5.82 Å². The van der Waals surface area contributed by atoms with Crippen LogP contribution in [0.5, 0.6) is 0 Å². The first-order valence-electron chi connectivity index (χ1n) is 9.46. The molecule has 0 bridgehead atoms. The van der Waals surface area contributed by atoms with Crippen LogP contribution in [-0.2, 0) is 4.79 Å². The summed E-state index contributed by atoms with van der Waals surface area (Å²) in [6.45, 7) is 8.13. The van der Waals surface area contributed by atoms with Gasteiger partial charge in [-0.15, -0.1) is 0 Å². The van der Waals surface area contributed by atoms with E-state index >= 15 is 0 Å². The van der Waals surface area contributed by atoms with Gasteiger partial charge in [0.2, 0.25) is 5.91 Å². The lowest BCUT2D eigenvalue weighted by molar-refractivity contribution is -0.132. The Balaban J connectivity index is 2.34. The molecule has 0 fully saturated rings. The number of carbonyl (C=O) groups excluding carboxylic acids is 1. The minimum absolute atomic E-state index is 0.0248. The van der Waals surface area contributed by atoms with E-state index in [1.54, 1.807) is 21.6 Å². The first kappa shape index (κ1) is 20.1. The Hall–Kier alpha value is -2.66. The van der Waals surface area contributed by atoms with Gasteiger partial charge < -0.3 is 4.90 Å². The lowest BCUT2D eigenvalue weighted by Gasteiger charge is -2.29. The molecule has 1 atom stereocenters. The van der Waals surface area contributed by atoms with Crippen LogP contribution in [0.3, 0.4) is 0 Å². The molecule has 28 heavy (non-hydrogen) atoms. The summed E-state index contributed by atoms with van der Waals surface area (Å²) < 4.78 is 1.62. The summed E-state index contributed by atoms with van der Waals surface area (Å²) in [7, 11) is 0. The number of benzene rings is 2. The molecule has 0 aliphatic heterocycles. The fraction of sp³-hybridized carbons (Fsp3) is 0.318. The van der Waals surface area contributed by atoms with Gasteiger partial charge in [0, 0.05) is 18.0 Å². The van der Waals surface area contributed by atoms with Crippen LogP contribution in [0.15, 0.2) is 47.3 Å². The first-order chi connectivity index (χ1) is 13.4. The Morgan fingerprint density at radius 2 is 1.93 bits per heavy atom. The van der Waals surface area contributed by atoms with Gasteiger partial charge in [-0.25, -0.2) is 4.98 Å². The topological polar surface area (TPSA) is 55.2 Å². The van der Waals surface area contributed by atoms with E-state index in [9.17, 15) is 9.59 Å². The van der Waals surface area contributed by atoms with Gasteiger partial charge in [-0.3, -0.25) is 14.2 Å². The van der Waals surface area contributed by atoms with Crippen molar-refractivity contribution in [3.63, 3.8) is 0 Å². The zero-order chi connectivity index (χ0) is 20.4. The van der Waals surface area contributed by atoms with E-state index in [-0.39, 0.29) is 17.5 Å². The SMILES string of the molecule is CCC(=O)N(CC)C(C)c1nc2ccccc2c(=O)n1-c1ccc(Cl)cc1C. The molecule has 1 amide bonds. The lowest BCUT2D eigenvalue weighted by atomic mass is 10.1. The maximum Gasteiger partial charge on any atom is 0.266 e. The predicted molar refractivity (Wildman–Crippen MR) is 113 cm³/mol. The van der Waals surface area contributed by atoms with Crippen LogP contribution in [0.4, 0.5) is 0 Å². The van der Waals surface area contributed by atoms with Crippen molar-refractivity contribution in [2.45, 2.75) is 40.2 Å². The molecule has 1 heterocycles. The zero-order valence-corrected chi connectivity index (χ0v) is 17.3. The number of fused-ring (bicyclic) bond motifs is 1. The van der Waals surface area contributed by atoms with Crippen molar-refractivity contribution in [1.29, 1.82) is 0 Å². The number of hydrogen-bond donors (Lipinski definition) is 0. The number of carbonyl (C=O) groups is 1. The first-order valence-corrected chi connectivity index (χ1v) is 9.84. The van der Waals surface area contributed by atoms with Crippen LogP contribution < -0.4 is 5.56 Å². The normalized spacial score (nSPS) is 12.2. The molecule has 146 valence electrons. The van der Waals surface area contributed by atoms with Crippen LogP contribution >= 0.6 is 11.6 Å². The maximum atomic E-state index is 13.4. The highest BCUT2D eigenvalue weighted by Crippen LogP contribution is 2.25. The minimum atomic E-state index is -0.357. The molecule has 1 aromatic heterocycles. The molecule has 3 aromatic rings. The van der Waals surface area contributed by atoms with Gasteiger partial charge in [-0.1, -0.05) is 30.7 Å². The third-order valence-electron chi connectivity index (χ3n) is 5.01. The average Bonchev–Trinajstić information content (AvgIpc) is 2.69. The highest BCUT2D eigenvalue weighted by molar-refractivity contribution is 6.30. The fourth-order valence-corrected chi connectivity index (χ4v) is 3.77. The van der Waals surface area contributed by atoms with Crippen LogP contribution in [0, 0.1) is 6.92 Å². The van der Waals surface area contributed by atoms with E-state index in [2.05, 4.69) is 0 Å². The van der Waals surface area contributed by atoms with Gasteiger partial charge in [-0.05, 0) is 56.7 Å². The van der Waals surface area contributed by atoms with Crippen molar-refractivity contribution in [2.24, 2.45) is 0 Å². The van der Waals surface area contributed by atoms with Crippen LogP contribution in [-0.4, -0.2) is 26.9 Å². The molecule has 5 nitrogen and oxygen atoms in total. The number of halogens is 1. The average molecular weight is 398 g/mol. The molecule has 2 aromatic carbocycles. The van der Waals surface area contributed by atoms with Gasteiger partial charge in [-0.2, -0.15) is 0 Å². The second kappa shape index (κ2) is 8.15. The van der Waals surface area contributed by atoms with E-state index in [1.807, 2.05) is 58.0 Å². The van der Waals surface area contributed by atoms with E-state index in [0.717, 1.165) is 11.3 Å². The second-order valence-electron chi connectivity index (χ2n) is 6.77. The smallest absolute Gasteiger partial charge is 0.266 e. The van der Waals surface area contributed by atoms with Gasteiger partial charge in [0.25, 0.3) is 5.56 Å². The van der Waals surface area contributed by atoms with Crippen molar-refractivity contribution in [2.75, 3.05) is 6.54 Å². The predicted octanol–water partition coefficient (Wildman–Crippen LogP) is 4.67. The number of aryl methyl sites for hydroxylation is 1. The summed E-state index contributed by atoms with van der Waals surface area (Å²) in [5.74, 6) is 0.564. The van der Waals surface area contributed by atoms with E-state index < -0.39 is 0 Å². The lowest BCUT2D eigenvalue weighted by Crippen LogP contribution is -2.37. The third-order valence-corrected chi connectivity index (χ3v) is 5.24. The molecule has 6 heteroatoms. The summed E-state index contributed by atoms with van der Waals surface area (Å²) in [6.07, 6.45) is 0.399. The van der Waals surface area contributed by atoms with Gasteiger partial charge in [0.05, 0.1) is 22.6 Å². The molecule has 0 N–H and O–H groups in total. The molecule has 1 unspecified atom stereocenters. The molecule has 0 saturated carbocycles. The molecular formula is C22H24ClN3O2. The number of amides is 1.